The molecule has 3 N–H and O–H groups in total. The van der Waals surface area contributed by atoms with Crippen molar-refractivity contribution >= 4 is 56.2 Å². The predicted molar refractivity (Wildman–Crippen MR) is 213 cm³/mol. The third kappa shape index (κ3) is 10.4. The van der Waals surface area contributed by atoms with Gasteiger partial charge in [0.25, 0.3) is 12.3 Å². The maximum Gasteiger partial charge on any atom is 0.408 e. The molecule has 1 aromatic carbocycles. The van der Waals surface area contributed by atoms with Crippen LogP contribution < -0.4 is 24.8 Å². The van der Waals surface area contributed by atoms with Gasteiger partial charge in [-0.2, -0.15) is 4.98 Å². The second-order valence-electron chi connectivity index (χ2n) is 17.5. The quantitative estimate of drug-likeness (QED) is 0.168. The number of nitrogens with zero attached hydrogens (tertiary/aromatic N) is 2. The van der Waals surface area contributed by atoms with Crippen LogP contribution in [0.2, 0.25) is 5.02 Å². The Kier molecular flexibility index (Phi) is 13.5. The molecule has 18 heteroatoms. The second kappa shape index (κ2) is 17.3. The van der Waals surface area contributed by atoms with Crippen LogP contribution in [0.25, 0.3) is 10.8 Å². The number of carbonyl (C=O) groups is 4. The maximum atomic E-state index is 14.8. The lowest BCUT2D eigenvalue weighted by Crippen LogP contribution is -2.59. The number of aromatic nitrogens is 1. The monoisotopic (exact) mass is 855 g/mol. The van der Waals surface area contributed by atoms with Crippen molar-refractivity contribution in [2.45, 2.75) is 141 Å². The molecule has 2 aliphatic carbocycles. The fraction of sp³-hybridized carbons (Fsp3) is 0.675. The summed E-state index contributed by atoms with van der Waals surface area (Å²) >= 11 is 6.48. The third-order valence-electron chi connectivity index (χ3n) is 11.2. The number of nitrogens with one attached hydrogen (secondary N) is 3. The van der Waals surface area contributed by atoms with Crippen LogP contribution in [0.3, 0.4) is 0 Å². The average molecular weight is 856 g/mol. The molecule has 322 valence electrons. The van der Waals surface area contributed by atoms with Crippen molar-refractivity contribution in [2.75, 3.05) is 13.2 Å². The van der Waals surface area contributed by atoms with Gasteiger partial charge < -0.3 is 29.7 Å². The number of hydrogen-bond donors (Lipinski definition) is 3. The van der Waals surface area contributed by atoms with Gasteiger partial charge in [-0.15, -0.1) is 0 Å². The average Bonchev–Trinajstić information content (AvgIpc) is 3.98. The lowest BCUT2D eigenvalue weighted by atomic mass is 9.88. The van der Waals surface area contributed by atoms with Gasteiger partial charge in [0.15, 0.2) is 6.61 Å². The van der Waals surface area contributed by atoms with E-state index in [9.17, 15) is 36.4 Å². The summed E-state index contributed by atoms with van der Waals surface area (Å²) in [6.07, 6.45) is -1.34. The van der Waals surface area contributed by atoms with E-state index in [2.05, 4.69) is 34.2 Å². The Hall–Kier alpha value is -3.99. The van der Waals surface area contributed by atoms with Gasteiger partial charge in [0.05, 0.1) is 11.3 Å². The first kappa shape index (κ1) is 45.1. The fourth-order valence-electron chi connectivity index (χ4n) is 7.53. The van der Waals surface area contributed by atoms with Gasteiger partial charge in [0.2, 0.25) is 33.6 Å². The van der Waals surface area contributed by atoms with Crippen molar-refractivity contribution in [1.82, 2.24) is 25.2 Å². The molecule has 0 radical (unpaired) electrons. The molecular weight excluding hydrogens is 800 g/mol. The lowest BCUT2D eigenvalue weighted by Gasteiger charge is -2.33. The normalized spacial score (nSPS) is 24.1. The van der Waals surface area contributed by atoms with Crippen LogP contribution in [-0.4, -0.2) is 95.8 Å². The Bertz CT molecular complexity index is 2000. The Morgan fingerprint density at radius 1 is 1.12 bits per heavy atom. The summed E-state index contributed by atoms with van der Waals surface area (Å²) in [5, 5.41) is 6.63. The van der Waals surface area contributed by atoms with Crippen molar-refractivity contribution in [1.29, 1.82) is 0 Å². The van der Waals surface area contributed by atoms with E-state index in [1.807, 2.05) is 6.92 Å². The van der Waals surface area contributed by atoms with Crippen molar-refractivity contribution in [3.8, 4) is 11.8 Å². The molecule has 2 saturated carbocycles. The minimum atomic E-state index is -4.02. The first-order chi connectivity index (χ1) is 27.0. The molecule has 7 atom stereocenters. The van der Waals surface area contributed by atoms with Crippen LogP contribution in [0.5, 0.6) is 11.8 Å². The van der Waals surface area contributed by atoms with E-state index in [4.69, 9.17) is 25.8 Å². The lowest BCUT2D eigenvalue weighted by molar-refractivity contribution is -0.142. The molecule has 1 saturated heterocycles. The van der Waals surface area contributed by atoms with Crippen molar-refractivity contribution in [3.63, 3.8) is 0 Å². The van der Waals surface area contributed by atoms with Crippen molar-refractivity contribution in [3.05, 3.63) is 29.3 Å². The van der Waals surface area contributed by atoms with Gasteiger partial charge >= 0.3 is 6.09 Å². The first-order valence-corrected chi connectivity index (χ1v) is 21.7. The number of likely N-dealkylation sites (tertiary alicyclic amines) is 1. The van der Waals surface area contributed by atoms with Crippen LogP contribution in [0, 0.1) is 17.8 Å². The number of ether oxygens (including phenoxy) is 3. The van der Waals surface area contributed by atoms with E-state index in [0.29, 0.717) is 30.0 Å². The minimum absolute atomic E-state index is 0.0432. The number of alkyl halides is 2. The summed E-state index contributed by atoms with van der Waals surface area (Å²) in [7, 11) is -4.02. The highest BCUT2D eigenvalue weighted by atomic mass is 35.5. The van der Waals surface area contributed by atoms with E-state index in [-0.39, 0.29) is 42.1 Å². The zero-order valence-corrected chi connectivity index (χ0v) is 35.9. The molecule has 1 aromatic heterocycles. The van der Waals surface area contributed by atoms with E-state index < -0.39 is 92.8 Å². The highest BCUT2D eigenvalue weighted by Gasteiger charge is 2.62. The first-order valence-electron chi connectivity index (χ1n) is 19.8. The molecule has 2 heterocycles. The number of sulfonamides is 1. The van der Waals surface area contributed by atoms with Crippen molar-refractivity contribution in [2.24, 2.45) is 17.8 Å². The number of fused-ring (bicyclic) bond motifs is 1. The molecular formula is C40H56ClF2N5O9S. The number of benzene rings is 1. The van der Waals surface area contributed by atoms with Gasteiger partial charge in [0.1, 0.15) is 29.3 Å². The number of rotatable bonds is 17. The van der Waals surface area contributed by atoms with Gasteiger partial charge in [0, 0.05) is 28.3 Å². The second-order valence-corrected chi connectivity index (χ2v) is 20.1. The Morgan fingerprint density at radius 2 is 1.79 bits per heavy atom. The summed E-state index contributed by atoms with van der Waals surface area (Å²) in [6, 6.07) is 3.92. The highest BCUT2D eigenvalue weighted by Crippen LogP contribution is 2.46. The van der Waals surface area contributed by atoms with E-state index in [0.717, 1.165) is 12.8 Å². The zero-order chi connectivity index (χ0) is 43.0. The molecule has 4 amide bonds. The largest absolute Gasteiger partial charge is 0.472 e. The number of alkyl carbamates (subject to hydrolysis) is 1. The zero-order valence-electron chi connectivity index (χ0n) is 34.3. The highest BCUT2D eigenvalue weighted by molar-refractivity contribution is 7.91. The molecule has 0 spiro atoms. The van der Waals surface area contributed by atoms with E-state index in [1.54, 1.807) is 52.8 Å². The van der Waals surface area contributed by atoms with Gasteiger partial charge in [-0.05, 0) is 83.3 Å². The van der Waals surface area contributed by atoms with Crippen LogP contribution >= 0.6 is 11.6 Å². The molecule has 1 aliphatic heterocycles. The van der Waals surface area contributed by atoms with E-state index >= 15 is 0 Å². The van der Waals surface area contributed by atoms with Crippen LogP contribution in [0.4, 0.5) is 13.6 Å². The number of hydrogen-bond acceptors (Lipinski definition) is 10. The molecule has 3 aliphatic rings. The van der Waals surface area contributed by atoms with Gasteiger partial charge in [-0.25, -0.2) is 22.0 Å². The summed E-state index contributed by atoms with van der Waals surface area (Å²) in [5.74, 6) is -3.07. The standard InChI is InChI=1S/C40H56ClF2N5O9S/c1-9-11-22(2)16-23(3)32(45-37(52)57-38(5,6)7)35(50)48-20-25(56-34-26-12-10-13-28(41)27(26)18-31(44-34)55-21-30(42)43)17-29(48)33(49)46-40(19-24(40)4)36(51)47-58(53,54)39(8)14-15-39/h10,12-13,18,22-25,29-30,32H,9,11,14-17,19-21H2,1-8H3,(H,45,52)(H,46,49)(H,47,51). The predicted octanol–water partition coefficient (Wildman–Crippen LogP) is 6.13. The molecule has 0 bridgehead atoms. The Balaban J connectivity index is 1.49. The topological polar surface area (TPSA) is 182 Å². The molecule has 3 fully saturated rings. The minimum Gasteiger partial charge on any atom is -0.472 e. The van der Waals surface area contributed by atoms with Crippen LogP contribution in [0.1, 0.15) is 100 Å². The van der Waals surface area contributed by atoms with Gasteiger partial charge in [-0.3, -0.25) is 19.1 Å². The van der Waals surface area contributed by atoms with E-state index in [1.165, 1.54) is 11.0 Å². The number of amides is 4. The molecule has 5 rings (SSSR count). The summed E-state index contributed by atoms with van der Waals surface area (Å²) < 4.78 is 70.6. The Morgan fingerprint density at radius 3 is 2.38 bits per heavy atom. The van der Waals surface area contributed by atoms with Gasteiger partial charge in [-0.1, -0.05) is 58.2 Å². The Labute approximate surface area is 343 Å². The molecule has 2 aromatic rings. The number of pyridine rings is 1. The van der Waals surface area contributed by atoms with Crippen molar-refractivity contribution < 1.29 is 50.6 Å². The fourth-order valence-corrected chi connectivity index (χ4v) is 9.07. The number of carbonyl (C=O) groups excluding carboxylic acids is 4. The molecule has 7 unspecified atom stereocenters. The van der Waals surface area contributed by atoms with Crippen LogP contribution in [0.15, 0.2) is 24.3 Å². The SMILES string of the molecule is CCCC(C)CC(C)C(NC(=O)OC(C)(C)C)C(=O)N1CC(Oc2nc(OCC(F)F)cc3c(Cl)cccc23)CC1C(=O)NC1(C(=O)NS(=O)(=O)C2(C)CC2)CC1C. The smallest absolute Gasteiger partial charge is 0.408 e. The summed E-state index contributed by atoms with van der Waals surface area (Å²) in [5.41, 5.74) is -2.43. The number of halogens is 3. The summed E-state index contributed by atoms with van der Waals surface area (Å²) in [6.45, 7) is 13.2. The molecule has 58 heavy (non-hydrogen) atoms. The summed E-state index contributed by atoms with van der Waals surface area (Å²) in [4.78, 5) is 61.7. The molecule has 14 nitrogen and oxygen atoms in total. The third-order valence-corrected chi connectivity index (χ3v) is 13.7. The van der Waals surface area contributed by atoms with Crippen LogP contribution in [-0.2, 0) is 29.1 Å². The maximum absolute atomic E-state index is 14.8.